The molecule has 1 fully saturated rings. The lowest BCUT2D eigenvalue weighted by molar-refractivity contribution is 0.0940. The summed E-state index contributed by atoms with van der Waals surface area (Å²) < 4.78 is 1.98. The molecule has 0 spiro atoms. The van der Waals surface area contributed by atoms with Gasteiger partial charge in [-0.2, -0.15) is 5.10 Å². The Labute approximate surface area is 128 Å². The standard InChI is InChI=1S/C15H30N6/c1-4-21-13-14(12-17-21)15(11-16)20-9-7-19(8-10-20)6-5-18(2)3/h12-13,15H,4-11,16H2,1-3H3. The number of nitrogens with zero attached hydrogens (tertiary/aromatic N) is 5. The van der Waals surface area contributed by atoms with Crippen molar-refractivity contribution in [2.75, 3.05) is 59.9 Å². The van der Waals surface area contributed by atoms with Crippen LogP contribution in [0.3, 0.4) is 0 Å². The zero-order valence-corrected chi connectivity index (χ0v) is 13.7. The predicted molar refractivity (Wildman–Crippen MR) is 86.3 cm³/mol. The number of rotatable bonds is 7. The lowest BCUT2D eigenvalue weighted by atomic mass is 10.1. The SMILES string of the molecule is CCn1cc(C(CN)N2CCN(CCN(C)C)CC2)cn1. The van der Waals surface area contributed by atoms with Crippen LogP contribution in [-0.2, 0) is 6.54 Å². The summed E-state index contributed by atoms with van der Waals surface area (Å²) in [4.78, 5) is 7.29. The largest absolute Gasteiger partial charge is 0.329 e. The van der Waals surface area contributed by atoms with Crippen LogP contribution in [0.25, 0.3) is 0 Å². The molecule has 2 rings (SSSR count). The molecule has 1 aromatic rings. The Hall–Kier alpha value is -0.950. The molecule has 6 nitrogen and oxygen atoms in total. The Balaban J connectivity index is 1.87. The van der Waals surface area contributed by atoms with Crippen molar-refractivity contribution in [1.82, 2.24) is 24.5 Å². The molecule has 6 heteroatoms. The van der Waals surface area contributed by atoms with Gasteiger partial charge in [0.2, 0.25) is 0 Å². The summed E-state index contributed by atoms with van der Waals surface area (Å²) in [5.41, 5.74) is 7.27. The zero-order chi connectivity index (χ0) is 15.2. The zero-order valence-electron chi connectivity index (χ0n) is 13.7. The first-order valence-electron chi connectivity index (χ1n) is 7.97. The van der Waals surface area contributed by atoms with Crippen LogP contribution in [0.5, 0.6) is 0 Å². The fourth-order valence-electron chi connectivity index (χ4n) is 2.86. The predicted octanol–water partition coefficient (Wildman–Crippen LogP) is 0.0820. The molecule has 1 unspecified atom stereocenters. The van der Waals surface area contributed by atoms with Crippen molar-refractivity contribution in [2.24, 2.45) is 5.73 Å². The Morgan fingerprint density at radius 3 is 2.52 bits per heavy atom. The van der Waals surface area contributed by atoms with E-state index in [0.717, 1.165) is 45.8 Å². The molecule has 0 saturated carbocycles. The van der Waals surface area contributed by atoms with Crippen LogP contribution in [0.1, 0.15) is 18.5 Å². The van der Waals surface area contributed by atoms with E-state index >= 15 is 0 Å². The molecular formula is C15H30N6. The molecule has 0 bridgehead atoms. The Morgan fingerprint density at radius 2 is 2.00 bits per heavy atom. The fraction of sp³-hybridized carbons (Fsp3) is 0.800. The average Bonchev–Trinajstić information content (AvgIpc) is 2.96. The van der Waals surface area contributed by atoms with E-state index in [4.69, 9.17) is 5.73 Å². The van der Waals surface area contributed by atoms with E-state index in [9.17, 15) is 0 Å². The first kappa shape index (κ1) is 16.4. The summed E-state index contributed by atoms with van der Waals surface area (Å²) in [6.45, 7) is 10.4. The van der Waals surface area contributed by atoms with Crippen molar-refractivity contribution in [1.29, 1.82) is 0 Å². The van der Waals surface area contributed by atoms with Crippen molar-refractivity contribution >= 4 is 0 Å². The number of piperazine rings is 1. The van der Waals surface area contributed by atoms with Crippen molar-refractivity contribution < 1.29 is 0 Å². The third-order valence-electron chi connectivity index (χ3n) is 4.30. The minimum absolute atomic E-state index is 0.307. The smallest absolute Gasteiger partial charge is 0.0538 e. The molecule has 2 heterocycles. The molecule has 0 amide bonds. The van der Waals surface area contributed by atoms with Gasteiger partial charge in [-0.25, -0.2) is 0 Å². The molecule has 1 aromatic heterocycles. The van der Waals surface area contributed by atoms with Gasteiger partial charge in [0.1, 0.15) is 0 Å². The van der Waals surface area contributed by atoms with Crippen LogP contribution >= 0.6 is 0 Å². The van der Waals surface area contributed by atoms with E-state index in [-0.39, 0.29) is 0 Å². The minimum atomic E-state index is 0.307. The average molecular weight is 294 g/mol. The van der Waals surface area contributed by atoms with E-state index in [0.29, 0.717) is 12.6 Å². The summed E-state index contributed by atoms with van der Waals surface area (Å²) >= 11 is 0. The monoisotopic (exact) mass is 294 g/mol. The van der Waals surface area contributed by atoms with Gasteiger partial charge in [0.15, 0.2) is 0 Å². The third kappa shape index (κ3) is 4.51. The number of aromatic nitrogens is 2. The second-order valence-electron chi connectivity index (χ2n) is 6.06. The highest BCUT2D eigenvalue weighted by molar-refractivity contribution is 5.11. The Kier molecular flexibility index (Phi) is 6.17. The maximum atomic E-state index is 6.02. The summed E-state index contributed by atoms with van der Waals surface area (Å²) in [6, 6.07) is 0.307. The second kappa shape index (κ2) is 7.89. The van der Waals surface area contributed by atoms with Crippen molar-refractivity contribution in [3.63, 3.8) is 0 Å². The summed E-state index contributed by atoms with van der Waals surface area (Å²) in [5, 5.41) is 4.38. The quantitative estimate of drug-likeness (QED) is 0.772. The molecule has 1 saturated heterocycles. The topological polar surface area (TPSA) is 53.6 Å². The van der Waals surface area contributed by atoms with E-state index in [1.54, 1.807) is 0 Å². The third-order valence-corrected chi connectivity index (χ3v) is 4.30. The van der Waals surface area contributed by atoms with Crippen LogP contribution in [0.4, 0.5) is 0 Å². The number of hydrogen-bond donors (Lipinski definition) is 1. The maximum Gasteiger partial charge on any atom is 0.0538 e. The summed E-state index contributed by atoms with van der Waals surface area (Å²) in [6.07, 6.45) is 4.11. The van der Waals surface area contributed by atoms with Gasteiger partial charge in [-0.1, -0.05) is 0 Å². The van der Waals surface area contributed by atoms with E-state index in [1.165, 1.54) is 5.56 Å². The molecule has 1 aliphatic heterocycles. The van der Waals surface area contributed by atoms with Crippen LogP contribution in [0, 0.1) is 0 Å². The minimum Gasteiger partial charge on any atom is -0.329 e. The first-order chi connectivity index (χ1) is 10.1. The number of aryl methyl sites for hydroxylation is 1. The maximum absolute atomic E-state index is 6.02. The molecule has 0 radical (unpaired) electrons. The molecule has 120 valence electrons. The van der Waals surface area contributed by atoms with Crippen LogP contribution in [0.2, 0.25) is 0 Å². The lowest BCUT2D eigenvalue weighted by Crippen LogP contribution is -2.50. The van der Waals surface area contributed by atoms with Crippen molar-refractivity contribution in [2.45, 2.75) is 19.5 Å². The fourth-order valence-corrected chi connectivity index (χ4v) is 2.86. The highest BCUT2D eigenvalue weighted by Crippen LogP contribution is 2.20. The van der Waals surface area contributed by atoms with Gasteiger partial charge in [-0.3, -0.25) is 14.5 Å². The molecule has 2 N–H and O–H groups in total. The molecule has 21 heavy (non-hydrogen) atoms. The molecule has 0 aromatic carbocycles. The first-order valence-corrected chi connectivity index (χ1v) is 7.97. The molecule has 1 atom stereocenters. The van der Waals surface area contributed by atoms with Gasteiger partial charge in [0.25, 0.3) is 0 Å². The van der Waals surface area contributed by atoms with Gasteiger partial charge in [-0.15, -0.1) is 0 Å². The summed E-state index contributed by atoms with van der Waals surface area (Å²) in [7, 11) is 4.26. The van der Waals surface area contributed by atoms with E-state index < -0.39 is 0 Å². The normalized spacial score (nSPS) is 19.3. The highest BCUT2D eigenvalue weighted by Gasteiger charge is 2.24. The summed E-state index contributed by atoms with van der Waals surface area (Å²) in [5.74, 6) is 0. The number of likely N-dealkylation sites (N-methyl/N-ethyl adjacent to an activating group) is 1. The Morgan fingerprint density at radius 1 is 1.29 bits per heavy atom. The van der Waals surface area contributed by atoms with Gasteiger partial charge >= 0.3 is 0 Å². The van der Waals surface area contributed by atoms with E-state index in [2.05, 4.69) is 47.0 Å². The van der Waals surface area contributed by atoms with Crippen molar-refractivity contribution in [3.05, 3.63) is 18.0 Å². The van der Waals surface area contributed by atoms with E-state index in [1.807, 2.05) is 10.9 Å². The number of hydrogen-bond acceptors (Lipinski definition) is 5. The van der Waals surface area contributed by atoms with Crippen molar-refractivity contribution in [3.8, 4) is 0 Å². The van der Waals surface area contributed by atoms with Gasteiger partial charge < -0.3 is 10.6 Å². The van der Waals surface area contributed by atoms with Gasteiger partial charge in [-0.05, 0) is 21.0 Å². The van der Waals surface area contributed by atoms with Crippen LogP contribution < -0.4 is 5.73 Å². The Bertz CT molecular complexity index is 408. The van der Waals surface area contributed by atoms with Gasteiger partial charge in [0, 0.05) is 64.1 Å². The second-order valence-corrected chi connectivity index (χ2v) is 6.06. The van der Waals surface area contributed by atoms with Gasteiger partial charge in [0.05, 0.1) is 12.2 Å². The van der Waals surface area contributed by atoms with Crippen LogP contribution in [-0.4, -0.2) is 84.4 Å². The lowest BCUT2D eigenvalue weighted by Gasteiger charge is -2.39. The molecule has 0 aliphatic carbocycles. The molecule has 1 aliphatic rings. The highest BCUT2D eigenvalue weighted by atomic mass is 15.3. The van der Waals surface area contributed by atoms with Crippen LogP contribution in [0.15, 0.2) is 12.4 Å². The number of nitrogens with two attached hydrogens (primary N) is 1. The molecular weight excluding hydrogens is 264 g/mol.